The lowest BCUT2D eigenvalue weighted by atomic mass is 10.0. The van der Waals surface area contributed by atoms with E-state index in [-0.39, 0.29) is 13.2 Å². The van der Waals surface area contributed by atoms with Crippen LogP contribution >= 0.6 is 11.6 Å². The predicted octanol–water partition coefficient (Wildman–Crippen LogP) is 4.50. The summed E-state index contributed by atoms with van der Waals surface area (Å²) >= 11 is 6.25. The van der Waals surface area contributed by atoms with Crippen molar-refractivity contribution in [2.45, 2.75) is 20.5 Å². The van der Waals surface area contributed by atoms with E-state index in [9.17, 15) is 4.79 Å². The van der Waals surface area contributed by atoms with E-state index < -0.39 is 5.97 Å². The van der Waals surface area contributed by atoms with Gasteiger partial charge < -0.3 is 9.47 Å². The minimum absolute atomic E-state index is 0.00319. The Balaban J connectivity index is 1.66. The largest absolute Gasteiger partial charge is 0.481 e. The van der Waals surface area contributed by atoms with Crippen molar-refractivity contribution in [2.24, 2.45) is 0 Å². The van der Waals surface area contributed by atoms with Crippen molar-refractivity contribution >= 4 is 28.5 Å². The molecule has 0 atom stereocenters. The molecule has 0 amide bonds. The molecule has 0 saturated heterocycles. The number of pyridine rings is 1. The Morgan fingerprint density at radius 3 is 2.78 bits per heavy atom. The summed E-state index contributed by atoms with van der Waals surface area (Å²) in [5.41, 5.74) is 4.03. The van der Waals surface area contributed by atoms with E-state index in [2.05, 4.69) is 4.98 Å². The number of hydrogen-bond acceptors (Lipinski definition) is 5. The molecule has 0 fully saturated rings. The van der Waals surface area contributed by atoms with Gasteiger partial charge in [0.05, 0.1) is 11.1 Å². The molecule has 136 valence electrons. The normalized spacial score (nSPS) is 10.4. The number of halogens is 1. The predicted molar refractivity (Wildman–Crippen MR) is 103 cm³/mol. The van der Waals surface area contributed by atoms with Gasteiger partial charge in [0.1, 0.15) is 23.6 Å². The number of ether oxygens (including phenoxy) is 2. The van der Waals surface area contributed by atoms with E-state index in [4.69, 9.17) is 26.3 Å². The van der Waals surface area contributed by atoms with Crippen LogP contribution in [0.25, 0.3) is 10.9 Å². The van der Waals surface area contributed by atoms with Gasteiger partial charge in [-0.3, -0.25) is 0 Å². The number of benzene rings is 2. The molecule has 3 rings (SSSR count). The second-order valence-electron chi connectivity index (χ2n) is 6.07. The summed E-state index contributed by atoms with van der Waals surface area (Å²) in [4.78, 5) is 16.4. The second-order valence-corrected chi connectivity index (χ2v) is 6.43. The highest BCUT2D eigenvalue weighted by molar-refractivity contribution is 6.30. The maximum Gasteiger partial charge on any atom is 0.344 e. The minimum atomic E-state index is -0.556. The highest BCUT2D eigenvalue weighted by Crippen LogP contribution is 2.25. The molecule has 0 bridgehead atoms. The molecule has 0 radical (unpaired) electrons. The maximum atomic E-state index is 12.0. The van der Waals surface area contributed by atoms with Crippen LogP contribution in [0.15, 0.2) is 42.5 Å². The van der Waals surface area contributed by atoms with Gasteiger partial charge in [0, 0.05) is 10.9 Å². The average Bonchev–Trinajstić information content (AvgIpc) is 2.68. The van der Waals surface area contributed by atoms with Crippen molar-refractivity contribution in [1.82, 2.24) is 4.98 Å². The second kappa shape index (κ2) is 8.07. The van der Waals surface area contributed by atoms with E-state index in [1.165, 1.54) is 0 Å². The molecule has 3 aromatic rings. The molecule has 2 aromatic carbocycles. The molecule has 27 heavy (non-hydrogen) atoms. The van der Waals surface area contributed by atoms with Gasteiger partial charge in [-0.15, -0.1) is 0 Å². The van der Waals surface area contributed by atoms with Crippen LogP contribution < -0.4 is 4.74 Å². The molecule has 0 N–H and O–H groups in total. The zero-order valence-electron chi connectivity index (χ0n) is 15.0. The molecule has 0 aliphatic heterocycles. The first-order chi connectivity index (χ1) is 13.0. The Bertz CT molecular complexity index is 1060. The smallest absolute Gasteiger partial charge is 0.344 e. The van der Waals surface area contributed by atoms with E-state index in [0.717, 1.165) is 22.0 Å². The molecule has 0 unspecified atom stereocenters. The molecular weight excluding hydrogens is 364 g/mol. The van der Waals surface area contributed by atoms with Gasteiger partial charge in [-0.25, -0.2) is 9.78 Å². The Morgan fingerprint density at radius 1 is 1.22 bits per heavy atom. The number of fused-ring (bicyclic) bond motifs is 1. The molecule has 0 aliphatic carbocycles. The van der Waals surface area contributed by atoms with Gasteiger partial charge in [0.2, 0.25) is 0 Å². The van der Waals surface area contributed by atoms with E-state index in [1.54, 1.807) is 24.3 Å². The van der Waals surface area contributed by atoms with Crippen molar-refractivity contribution < 1.29 is 14.3 Å². The number of carbonyl (C=O) groups is 1. The van der Waals surface area contributed by atoms with Crippen LogP contribution in [0.5, 0.6) is 5.75 Å². The number of esters is 1. The fraction of sp³-hybridized carbons (Fsp3) is 0.190. The lowest BCUT2D eigenvalue weighted by molar-refractivity contribution is -0.147. The molecule has 0 spiro atoms. The number of nitrogens with zero attached hydrogens (tertiary/aromatic N) is 2. The summed E-state index contributed by atoms with van der Waals surface area (Å²) in [6, 6.07) is 14.6. The number of rotatable bonds is 5. The third-order valence-electron chi connectivity index (χ3n) is 4.28. The summed E-state index contributed by atoms with van der Waals surface area (Å²) in [6.45, 7) is 3.72. The summed E-state index contributed by atoms with van der Waals surface area (Å²) in [5.74, 6) is -0.216. The SMILES string of the molecule is Cc1ccc2cc(COC(=O)COc3ccccc3C#N)c(Cl)nc2c1C. The first kappa shape index (κ1) is 18.7. The van der Waals surface area contributed by atoms with Crippen LogP contribution in [0.3, 0.4) is 0 Å². The van der Waals surface area contributed by atoms with E-state index >= 15 is 0 Å². The maximum absolute atomic E-state index is 12.0. The molecular formula is C21H17ClN2O3. The average molecular weight is 381 g/mol. The lowest BCUT2D eigenvalue weighted by Crippen LogP contribution is -2.15. The summed E-state index contributed by atoms with van der Waals surface area (Å²) in [7, 11) is 0. The number of carbonyl (C=O) groups excluding carboxylic acids is 1. The van der Waals surface area contributed by atoms with Gasteiger partial charge in [-0.2, -0.15) is 5.26 Å². The van der Waals surface area contributed by atoms with Gasteiger partial charge in [0.25, 0.3) is 0 Å². The van der Waals surface area contributed by atoms with E-state index in [0.29, 0.717) is 22.0 Å². The standard InChI is InChI=1S/C21H17ClN2O3/c1-13-7-8-15-9-17(21(22)24-20(15)14(13)2)11-27-19(25)12-26-18-6-4-3-5-16(18)10-23/h3-9H,11-12H2,1-2H3. The number of aromatic nitrogens is 1. The van der Waals surface area contributed by atoms with Gasteiger partial charge in [-0.1, -0.05) is 35.9 Å². The summed E-state index contributed by atoms with van der Waals surface area (Å²) in [6.07, 6.45) is 0. The van der Waals surface area contributed by atoms with Crippen LogP contribution in [0.4, 0.5) is 0 Å². The number of hydrogen-bond donors (Lipinski definition) is 0. The first-order valence-electron chi connectivity index (χ1n) is 8.32. The van der Waals surface area contributed by atoms with Crippen molar-refractivity contribution in [1.29, 1.82) is 5.26 Å². The van der Waals surface area contributed by atoms with Crippen molar-refractivity contribution in [3.05, 3.63) is 69.9 Å². The third kappa shape index (κ3) is 4.18. The molecule has 1 aromatic heterocycles. The number of aryl methyl sites for hydroxylation is 2. The molecule has 6 heteroatoms. The molecule has 5 nitrogen and oxygen atoms in total. The van der Waals surface area contributed by atoms with Crippen molar-refractivity contribution in [3.8, 4) is 11.8 Å². The highest BCUT2D eigenvalue weighted by Gasteiger charge is 2.12. The van der Waals surface area contributed by atoms with Gasteiger partial charge in [-0.05, 0) is 43.2 Å². The quantitative estimate of drug-likeness (QED) is 0.481. The summed E-state index contributed by atoms with van der Waals surface area (Å²) < 4.78 is 10.6. The van der Waals surface area contributed by atoms with Crippen LogP contribution in [0, 0.1) is 25.2 Å². The summed E-state index contributed by atoms with van der Waals surface area (Å²) in [5, 5.41) is 10.3. The Morgan fingerprint density at radius 2 is 2.00 bits per heavy atom. The van der Waals surface area contributed by atoms with E-state index in [1.807, 2.05) is 38.1 Å². The molecule has 0 aliphatic rings. The zero-order chi connectivity index (χ0) is 19.4. The van der Waals surface area contributed by atoms with Crippen LogP contribution in [0.1, 0.15) is 22.3 Å². The topological polar surface area (TPSA) is 72.2 Å². The Labute approximate surface area is 162 Å². The number of nitriles is 1. The van der Waals surface area contributed by atoms with Crippen LogP contribution in [-0.4, -0.2) is 17.6 Å². The van der Waals surface area contributed by atoms with Crippen LogP contribution in [0.2, 0.25) is 5.15 Å². The van der Waals surface area contributed by atoms with Gasteiger partial charge >= 0.3 is 5.97 Å². The number of para-hydroxylation sites is 1. The molecule has 1 heterocycles. The third-order valence-corrected chi connectivity index (χ3v) is 4.61. The van der Waals surface area contributed by atoms with Crippen molar-refractivity contribution in [3.63, 3.8) is 0 Å². The fourth-order valence-electron chi connectivity index (χ4n) is 2.63. The van der Waals surface area contributed by atoms with Gasteiger partial charge in [0.15, 0.2) is 6.61 Å². The Kier molecular flexibility index (Phi) is 5.58. The zero-order valence-corrected chi connectivity index (χ0v) is 15.7. The monoisotopic (exact) mass is 380 g/mol. The fourth-order valence-corrected chi connectivity index (χ4v) is 2.82. The Hall–Kier alpha value is -3.10. The lowest BCUT2D eigenvalue weighted by Gasteiger charge is -2.11. The highest BCUT2D eigenvalue weighted by atomic mass is 35.5. The molecule has 0 saturated carbocycles. The first-order valence-corrected chi connectivity index (χ1v) is 8.70. The van der Waals surface area contributed by atoms with Crippen LogP contribution in [-0.2, 0) is 16.1 Å². The minimum Gasteiger partial charge on any atom is -0.481 e. The van der Waals surface area contributed by atoms with Crippen molar-refractivity contribution in [2.75, 3.05) is 6.61 Å².